The maximum atomic E-state index is 10.8. The second-order valence-electron chi connectivity index (χ2n) is 5.23. The lowest BCUT2D eigenvalue weighted by atomic mass is 9.85. The number of carboxylic acid groups (broad SMARTS) is 1. The van der Waals surface area contributed by atoms with Crippen LogP contribution in [0, 0.1) is 5.41 Å². The van der Waals surface area contributed by atoms with Gasteiger partial charge in [-0.15, -0.1) is 0 Å². The Morgan fingerprint density at radius 2 is 2.00 bits per heavy atom. The van der Waals surface area contributed by atoms with Crippen LogP contribution in [-0.2, 0) is 4.79 Å². The molecule has 100 valence electrons. The van der Waals surface area contributed by atoms with Crippen molar-refractivity contribution in [1.82, 2.24) is 5.32 Å². The number of hydrogen-bond donors (Lipinski definition) is 3. The molecule has 0 amide bonds. The highest BCUT2D eigenvalue weighted by molar-refractivity contribution is 5.86. The maximum Gasteiger partial charge on any atom is 0.331 e. The van der Waals surface area contributed by atoms with Gasteiger partial charge in [-0.3, -0.25) is 0 Å². The molecule has 0 aromatic rings. The standard InChI is InChI=1S/C13H25NO3/c1-5-10(12(16)17)6-8-14-11(7-9-15)13(2,3)4/h6,11,14-15H,5,7-9H2,1-4H3,(H,16,17). The number of hydrogen-bond acceptors (Lipinski definition) is 3. The predicted octanol–water partition coefficient (Wildman–Crippen LogP) is 1.79. The molecular formula is C13H25NO3. The SMILES string of the molecule is CCC(=CCNC(CCO)C(C)(C)C)C(=O)O. The van der Waals surface area contributed by atoms with Gasteiger partial charge in [0, 0.05) is 24.8 Å². The molecule has 0 aromatic heterocycles. The Morgan fingerprint density at radius 3 is 2.35 bits per heavy atom. The summed E-state index contributed by atoms with van der Waals surface area (Å²) in [6.45, 7) is 8.79. The first-order valence-electron chi connectivity index (χ1n) is 6.09. The van der Waals surface area contributed by atoms with E-state index in [1.165, 1.54) is 0 Å². The molecule has 1 unspecified atom stereocenters. The van der Waals surface area contributed by atoms with Crippen LogP contribution in [0.25, 0.3) is 0 Å². The first-order chi connectivity index (χ1) is 7.82. The van der Waals surface area contributed by atoms with Crippen LogP contribution in [0.4, 0.5) is 0 Å². The van der Waals surface area contributed by atoms with Crippen LogP contribution in [0.1, 0.15) is 40.5 Å². The molecule has 0 radical (unpaired) electrons. The topological polar surface area (TPSA) is 69.6 Å². The van der Waals surface area contributed by atoms with Crippen molar-refractivity contribution in [3.05, 3.63) is 11.6 Å². The molecule has 0 aliphatic carbocycles. The summed E-state index contributed by atoms with van der Waals surface area (Å²) in [4.78, 5) is 10.8. The summed E-state index contributed by atoms with van der Waals surface area (Å²) < 4.78 is 0. The quantitative estimate of drug-likeness (QED) is 0.596. The molecule has 1 atom stereocenters. The van der Waals surface area contributed by atoms with Crippen molar-refractivity contribution in [2.45, 2.75) is 46.6 Å². The Morgan fingerprint density at radius 1 is 1.41 bits per heavy atom. The summed E-state index contributed by atoms with van der Waals surface area (Å²) in [6, 6.07) is 0.177. The first-order valence-corrected chi connectivity index (χ1v) is 6.09. The summed E-state index contributed by atoms with van der Waals surface area (Å²) in [5.41, 5.74) is 0.473. The van der Waals surface area contributed by atoms with Crippen LogP contribution in [0.15, 0.2) is 11.6 Å². The van der Waals surface area contributed by atoms with Gasteiger partial charge in [-0.05, 0) is 18.3 Å². The Bertz CT molecular complexity index is 266. The zero-order chi connectivity index (χ0) is 13.5. The molecule has 4 nitrogen and oxygen atoms in total. The Hall–Kier alpha value is -0.870. The van der Waals surface area contributed by atoms with E-state index in [0.29, 0.717) is 25.0 Å². The van der Waals surface area contributed by atoms with Crippen molar-refractivity contribution < 1.29 is 15.0 Å². The van der Waals surface area contributed by atoms with Crippen molar-refractivity contribution in [2.24, 2.45) is 5.41 Å². The summed E-state index contributed by atoms with van der Waals surface area (Å²) in [7, 11) is 0. The van der Waals surface area contributed by atoms with Crippen LogP contribution < -0.4 is 5.32 Å². The first kappa shape index (κ1) is 16.1. The normalized spacial score (nSPS) is 14.8. The average molecular weight is 243 g/mol. The van der Waals surface area contributed by atoms with Crippen LogP contribution in [-0.4, -0.2) is 35.4 Å². The van der Waals surface area contributed by atoms with E-state index in [9.17, 15) is 4.79 Å². The lowest BCUT2D eigenvalue weighted by Gasteiger charge is -2.31. The summed E-state index contributed by atoms with van der Waals surface area (Å²) in [5, 5.41) is 21.1. The van der Waals surface area contributed by atoms with Crippen molar-refractivity contribution in [2.75, 3.05) is 13.2 Å². The van der Waals surface area contributed by atoms with Crippen molar-refractivity contribution in [3.63, 3.8) is 0 Å². The molecule has 3 N–H and O–H groups in total. The van der Waals surface area contributed by atoms with Gasteiger partial charge in [0.15, 0.2) is 0 Å². The van der Waals surface area contributed by atoms with E-state index >= 15 is 0 Å². The second kappa shape index (κ2) is 7.45. The molecule has 0 heterocycles. The van der Waals surface area contributed by atoms with Gasteiger partial charge in [0.2, 0.25) is 0 Å². The van der Waals surface area contributed by atoms with Gasteiger partial charge in [-0.2, -0.15) is 0 Å². The molecule has 0 bridgehead atoms. The zero-order valence-electron chi connectivity index (χ0n) is 11.3. The van der Waals surface area contributed by atoms with Crippen LogP contribution in [0.3, 0.4) is 0 Å². The highest BCUT2D eigenvalue weighted by Crippen LogP contribution is 2.21. The highest BCUT2D eigenvalue weighted by atomic mass is 16.4. The predicted molar refractivity (Wildman–Crippen MR) is 69.0 cm³/mol. The second-order valence-corrected chi connectivity index (χ2v) is 5.23. The summed E-state index contributed by atoms with van der Waals surface area (Å²) >= 11 is 0. The van der Waals surface area contributed by atoms with Crippen molar-refractivity contribution >= 4 is 5.97 Å². The van der Waals surface area contributed by atoms with Gasteiger partial charge < -0.3 is 15.5 Å². The van der Waals surface area contributed by atoms with Crippen LogP contribution in [0.2, 0.25) is 0 Å². The van der Waals surface area contributed by atoms with Crippen molar-refractivity contribution in [1.29, 1.82) is 0 Å². The Labute approximate surface area is 104 Å². The lowest BCUT2D eigenvalue weighted by Crippen LogP contribution is -2.41. The Balaban J connectivity index is 4.36. The minimum atomic E-state index is -0.858. The third kappa shape index (κ3) is 6.44. The zero-order valence-corrected chi connectivity index (χ0v) is 11.3. The molecule has 0 aromatic carbocycles. The van der Waals surface area contributed by atoms with Gasteiger partial charge in [-0.1, -0.05) is 33.8 Å². The fourth-order valence-electron chi connectivity index (χ4n) is 1.68. The number of rotatable bonds is 7. The van der Waals surface area contributed by atoms with E-state index in [1.807, 2.05) is 6.92 Å². The average Bonchev–Trinajstić information content (AvgIpc) is 2.20. The van der Waals surface area contributed by atoms with Gasteiger partial charge in [0.25, 0.3) is 0 Å². The molecule has 0 spiro atoms. The minimum absolute atomic E-state index is 0.0478. The van der Waals surface area contributed by atoms with Gasteiger partial charge in [0.05, 0.1) is 0 Å². The summed E-state index contributed by atoms with van der Waals surface area (Å²) in [6.07, 6.45) is 2.90. The highest BCUT2D eigenvalue weighted by Gasteiger charge is 2.22. The molecule has 0 saturated heterocycles. The fraction of sp³-hybridized carbons (Fsp3) is 0.769. The smallest absolute Gasteiger partial charge is 0.331 e. The van der Waals surface area contributed by atoms with E-state index in [1.54, 1.807) is 6.08 Å². The largest absolute Gasteiger partial charge is 0.478 e. The molecule has 17 heavy (non-hydrogen) atoms. The number of nitrogens with one attached hydrogen (secondary N) is 1. The maximum absolute atomic E-state index is 10.8. The van der Waals surface area contributed by atoms with Crippen LogP contribution in [0.5, 0.6) is 0 Å². The van der Waals surface area contributed by atoms with Gasteiger partial charge in [-0.25, -0.2) is 4.79 Å². The number of aliphatic hydroxyl groups excluding tert-OH is 1. The number of carbonyl (C=O) groups is 1. The Kier molecular flexibility index (Phi) is 7.07. The molecule has 0 saturated carbocycles. The number of aliphatic carboxylic acids is 1. The third-order valence-electron chi connectivity index (χ3n) is 2.83. The number of carboxylic acids is 1. The molecule has 0 fully saturated rings. The molecule has 4 heteroatoms. The van der Waals surface area contributed by atoms with Crippen LogP contribution >= 0.6 is 0 Å². The van der Waals surface area contributed by atoms with Gasteiger partial charge in [0.1, 0.15) is 0 Å². The van der Waals surface area contributed by atoms with E-state index in [2.05, 4.69) is 26.1 Å². The minimum Gasteiger partial charge on any atom is -0.478 e. The molecule has 0 rings (SSSR count). The number of aliphatic hydroxyl groups is 1. The summed E-state index contributed by atoms with van der Waals surface area (Å²) in [5.74, 6) is -0.858. The molecular weight excluding hydrogens is 218 g/mol. The fourth-order valence-corrected chi connectivity index (χ4v) is 1.68. The van der Waals surface area contributed by atoms with E-state index < -0.39 is 5.97 Å². The van der Waals surface area contributed by atoms with E-state index in [-0.39, 0.29) is 18.1 Å². The monoisotopic (exact) mass is 243 g/mol. The van der Waals surface area contributed by atoms with Crippen molar-refractivity contribution in [3.8, 4) is 0 Å². The molecule has 0 aliphatic heterocycles. The van der Waals surface area contributed by atoms with E-state index in [4.69, 9.17) is 10.2 Å². The molecule has 0 aliphatic rings. The van der Waals surface area contributed by atoms with Gasteiger partial charge >= 0.3 is 5.97 Å². The third-order valence-corrected chi connectivity index (χ3v) is 2.83. The lowest BCUT2D eigenvalue weighted by molar-refractivity contribution is -0.132. The van der Waals surface area contributed by atoms with E-state index in [0.717, 1.165) is 0 Å².